The van der Waals surface area contributed by atoms with Crippen molar-refractivity contribution in [2.45, 2.75) is 19.0 Å². The Kier molecular flexibility index (Phi) is 6.12. The number of carbonyl (C=O) groups excluding carboxylic acids is 2. The Balaban J connectivity index is 1.42. The standard InChI is InChI=1S/C17H23N3O3S/c21-16(19-15-5-10-24-17(15)22)12-23-14-3-1-13(2-4-14)11-20-8-6-18-7-9-20/h1-4,15,18H,5-12H2,(H,19,21). The normalized spacial score (nSPS) is 21.7. The molecule has 24 heavy (non-hydrogen) atoms. The lowest BCUT2D eigenvalue weighted by atomic mass is 10.2. The number of nitrogens with zero attached hydrogens (tertiary/aromatic N) is 1. The van der Waals surface area contributed by atoms with Crippen molar-refractivity contribution in [2.75, 3.05) is 38.5 Å². The highest BCUT2D eigenvalue weighted by Gasteiger charge is 2.26. The van der Waals surface area contributed by atoms with Crippen LogP contribution in [0, 0.1) is 0 Å². The lowest BCUT2D eigenvalue weighted by Crippen LogP contribution is -2.42. The van der Waals surface area contributed by atoms with Gasteiger partial charge in [-0.05, 0) is 24.1 Å². The van der Waals surface area contributed by atoms with Crippen LogP contribution in [0.5, 0.6) is 5.75 Å². The summed E-state index contributed by atoms with van der Waals surface area (Å²) in [6, 6.07) is 7.49. The summed E-state index contributed by atoms with van der Waals surface area (Å²) < 4.78 is 5.50. The molecule has 1 aromatic carbocycles. The van der Waals surface area contributed by atoms with E-state index in [-0.39, 0.29) is 23.7 Å². The Morgan fingerprint density at radius 1 is 1.29 bits per heavy atom. The second-order valence-electron chi connectivity index (χ2n) is 6.04. The molecule has 7 heteroatoms. The number of amides is 1. The van der Waals surface area contributed by atoms with Gasteiger partial charge in [-0.15, -0.1) is 0 Å². The van der Waals surface area contributed by atoms with Crippen LogP contribution < -0.4 is 15.4 Å². The molecule has 130 valence electrons. The van der Waals surface area contributed by atoms with Gasteiger partial charge in [0.05, 0.1) is 6.04 Å². The van der Waals surface area contributed by atoms with Gasteiger partial charge in [0.1, 0.15) is 5.75 Å². The zero-order valence-corrected chi connectivity index (χ0v) is 14.4. The monoisotopic (exact) mass is 349 g/mol. The van der Waals surface area contributed by atoms with Crippen molar-refractivity contribution in [1.82, 2.24) is 15.5 Å². The Labute approximate surface area is 146 Å². The molecule has 0 aromatic heterocycles. The van der Waals surface area contributed by atoms with E-state index in [9.17, 15) is 9.59 Å². The molecule has 2 N–H and O–H groups in total. The van der Waals surface area contributed by atoms with Gasteiger partial charge in [0.2, 0.25) is 5.12 Å². The summed E-state index contributed by atoms with van der Waals surface area (Å²) in [6.45, 7) is 5.08. The first-order valence-corrected chi connectivity index (χ1v) is 9.30. The zero-order chi connectivity index (χ0) is 16.8. The third kappa shape index (κ3) is 4.96. The maximum absolute atomic E-state index is 11.8. The number of nitrogens with one attached hydrogen (secondary N) is 2. The molecular formula is C17H23N3O3S. The average Bonchev–Trinajstić information content (AvgIpc) is 3.00. The van der Waals surface area contributed by atoms with E-state index < -0.39 is 0 Å². The van der Waals surface area contributed by atoms with Gasteiger partial charge in [-0.25, -0.2) is 0 Å². The van der Waals surface area contributed by atoms with Gasteiger partial charge in [0, 0.05) is 38.5 Å². The molecule has 2 fully saturated rings. The van der Waals surface area contributed by atoms with Gasteiger partial charge in [0.15, 0.2) is 6.61 Å². The number of thioether (sulfide) groups is 1. The van der Waals surface area contributed by atoms with Crippen molar-refractivity contribution in [3.05, 3.63) is 29.8 Å². The summed E-state index contributed by atoms with van der Waals surface area (Å²) in [6.07, 6.45) is 0.704. The van der Waals surface area contributed by atoms with Crippen molar-refractivity contribution in [1.29, 1.82) is 0 Å². The van der Waals surface area contributed by atoms with Crippen LogP contribution in [0.4, 0.5) is 0 Å². The molecule has 1 aromatic rings. The van der Waals surface area contributed by atoms with Gasteiger partial charge in [-0.3, -0.25) is 14.5 Å². The van der Waals surface area contributed by atoms with Crippen molar-refractivity contribution in [3.63, 3.8) is 0 Å². The Morgan fingerprint density at radius 2 is 2.04 bits per heavy atom. The van der Waals surface area contributed by atoms with Crippen molar-refractivity contribution in [2.24, 2.45) is 0 Å². The molecule has 2 aliphatic rings. The van der Waals surface area contributed by atoms with Gasteiger partial charge >= 0.3 is 0 Å². The SMILES string of the molecule is O=C(COc1ccc(CN2CCNCC2)cc1)NC1CCSC1=O. The minimum Gasteiger partial charge on any atom is -0.484 e. The van der Waals surface area contributed by atoms with Crippen molar-refractivity contribution in [3.8, 4) is 5.75 Å². The number of ether oxygens (including phenoxy) is 1. The van der Waals surface area contributed by atoms with Crippen LogP contribution >= 0.6 is 11.8 Å². The summed E-state index contributed by atoms with van der Waals surface area (Å²) in [5, 5.41) is 6.10. The molecule has 0 bridgehead atoms. The Morgan fingerprint density at radius 3 is 2.71 bits per heavy atom. The largest absolute Gasteiger partial charge is 0.484 e. The number of carbonyl (C=O) groups is 2. The predicted octanol–water partition coefficient (Wildman–Crippen LogP) is 0.619. The molecule has 0 radical (unpaired) electrons. The molecule has 1 unspecified atom stereocenters. The topological polar surface area (TPSA) is 70.7 Å². The van der Waals surface area contributed by atoms with Crippen LogP contribution in [0.3, 0.4) is 0 Å². The minimum absolute atomic E-state index is 0.0422. The fourth-order valence-corrected chi connectivity index (χ4v) is 3.76. The highest BCUT2D eigenvalue weighted by molar-refractivity contribution is 8.14. The zero-order valence-electron chi connectivity index (χ0n) is 13.6. The third-order valence-electron chi connectivity index (χ3n) is 4.18. The molecule has 2 saturated heterocycles. The molecule has 1 amide bonds. The Bertz CT molecular complexity index is 573. The van der Waals surface area contributed by atoms with E-state index in [0.717, 1.165) is 38.5 Å². The number of hydrogen-bond acceptors (Lipinski definition) is 6. The van der Waals surface area contributed by atoms with Crippen LogP contribution in [0.25, 0.3) is 0 Å². The van der Waals surface area contributed by atoms with Crippen molar-refractivity contribution >= 4 is 22.8 Å². The summed E-state index contributed by atoms with van der Waals surface area (Å²) in [7, 11) is 0. The molecule has 3 rings (SSSR count). The molecular weight excluding hydrogens is 326 g/mol. The second-order valence-corrected chi connectivity index (χ2v) is 7.13. The van der Waals surface area contributed by atoms with Gasteiger partial charge in [0.25, 0.3) is 5.91 Å². The van der Waals surface area contributed by atoms with Crippen molar-refractivity contribution < 1.29 is 14.3 Å². The molecule has 2 aliphatic heterocycles. The number of hydrogen-bond donors (Lipinski definition) is 2. The summed E-state index contributed by atoms with van der Waals surface area (Å²) in [4.78, 5) is 25.7. The Hall–Kier alpha value is -1.57. The number of piperazine rings is 1. The molecule has 0 saturated carbocycles. The van der Waals surface area contributed by atoms with Crippen LogP contribution in [0.2, 0.25) is 0 Å². The highest BCUT2D eigenvalue weighted by atomic mass is 32.2. The summed E-state index contributed by atoms with van der Waals surface area (Å²) >= 11 is 1.28. The average molecular weight is 349 g/mol. The maximum Gasteiger partial charge on any atom is 0.258 e. The third-order valence-corrected chi connectivity index (χ3v) is 5.19. The summed E-state index contributed by atoms with van der Waals surface area (Å²) in [5.74, 6) is 1.20. The van der Waals surface area contributed by atoms with Crippen LogP contribution in [0.1, 0.15) is 12.0 Å². The van der Waals surface area contributed by atoms with Gasteiger partial charge in [-0.1, -0.05) is 23.9 Å². The lowest BCUT2D eigenvalue weighted by Gasteiger charge is -2.27. The van der Waals surface area contributed by atoms with E-state index in [4.69, 9.17) is 4.74 Å². The predicted molar refractivity (Wildman–Crippen MR) is 94.1 cm³/mol. The van der Waals surface area contributed by atoms with E-state index in [1.807, 2.05) is 24.3 Å². The fourth-order valence-electron chi connectivity index (χ4n) is 2.83. The van der Waals surface area contributed by atoms with Gasteiger partial charge in [-0.2, -0.15) is 0 Å². The molecule has 1 atom stereocenters. The van der Waals surface area contributed by atoms with Crippen LogP contribution in [-0.2, 0) is 16.1 Å². The first-order valence-electron chi connectivity index (χ1n) is 8.31. The molecule has 6 nitrogen and oxygen atoms in total. The number of benzene rings is 1. The molecule has 0 spiro atoms. The molecule has 2 heterocycles. The first kappa shape index (κ1) is 17.3. The van der Waals surface area contributed by atoms with Crippen LogP contribution in [0.15, 0.2) is 24.3 Å². The smallest absolute Gasteiger partial charge is 0.258 e. The number of rotatable bonds is 6. The molecule has 0 aliphatic carbocycles. The van der Waals surface area contributed by atoms with E-state index in [1.165, 1.54) is 17.3 Å². The summed E-state index contributed by atoms with van der Waals surface area (Å²) in [5.41, 5.74) is 1.24. The second kappa shape index (κ2) is 8.50. The lowest BCUT2D eigenvalue weighted by molar-refractivity contribution is -0.126. The minimum atomic E-state index is -0.354. The van der Waals surface area contributed by atoms with E-state index >= 15 is 0 Å². The first-order chi connectivity index (χ1) is 11.7. The fraction of sp³-hybridized carbons (Fsp3) is 0.529. The van der Waals surface area contributed by atoms with E-state index in [0.29, 0.717) is 12.2 Å². The highest BCUT2D eigenvalue weighted by Crippen LogP contribution is 2.19. The quantitative estimate of drug-likeness (QED) is 0.785. The van der Waals surface area contributed by atoms with E-state index in [2.05, 4.69) is 15.5 Å². The maximum atomic E-state index is 11.8. The van der Waals surface area contributed by atoms with Crippen LogP contribution in [-0.4, -0.2) is 60.5 Å². The van der Waals surface area contributed by atoms with Gasteiger partial charge < -0.3 is 15.4 Å². The van der Waals surface area contributed by atoms with E-state index in [1.54, 1.807) is 0 Å².